The summed E-state index contributed by atoms with van der Waals surface area (Å²) < 4.78 is 33.2. The minimum atomic E-state index is -4.60. The van der Waals surface area contributed by atoms with E-state index in [1.165, 1.54) is 83.5 Å². The lowest BCUT2D eigenvalue weighted by Gasteiger charge is -2.20. The van der Waals surface area contributed by atoms with Crippen molar-refractivity contribution in [1.82, 2.24) is 0 Å². The quantitative estimate of drug-likeness (QED) is 0.0250. The van der Waals surface area contributed by atoms with E-state index in [9.17, 15) is 19.0 Å². The summed E-state index contributed by atoms with van der Waals surface area (Å²) in [5.74, 6) is -1.79. The summed E-state index contributed by atoms with van der Waals surface area (Å²) in [7, 11) is -4.60. The Balaban J connectivity index is 4.29. The summed E-state index contributed by atoms with van der Waals surface area (Å²) in [6.45, 7) is 3.83. The Hall–Kier alpha value is -1.29. The number of esters is 1. The van der Waals surface area contributed by atoms with Gasteiger partial charge in [-0.25, -0.2) is 4.57 Å². The van der Waals surface area contributed by atoms with Crippen LogP contribution in [0.25, 0.3) is 0 Å². The van der Waals surface area contributed by atoms with Gasteiger partial charge in [0.25, 0.3) is 0 Å². The molecule has 0 rings (SSSR count). The average molecular weight is 692 g/mol. The van der Waals surface area contributed by atoms with E-state index in [0.717, 1.165) is 57.8 Å². The summed E-state index contributed by atoms with van der Waals surface area (Å²) in [4.78, 5) is 33.3. The number of carbonyl (C=O) groups is 2. The van der Waals surface area contributed by atoms with Gasteiger partial charge in [-0.1, -0.05) is 142 Å². The van der Waals surface area contributed by atoms with E-state index in [2.05, 4.69) is 30.5 Å². The molecule has 0 aliphatic carbocycles. The molecule has 0 aliphatic rings. The minimum absolute atomic E-state index is 0.0185. The molecule has 0 saturated carbocycles. The molecule has 0 bridgehead atoms. The van der Waals surface area contributed by atoms with Crippen molar-refractivity contribution in [3.63, 3.8) is 0 Å². The fourth-order valence-corrected chi connectivity index (χ4v) is 5.83. The van der Waals surface area contributed by atoms with E-state index < -0.39 is 45.1 Å². The molecule has 0 radical (unpaired) electrons. The number of ether oxygens (including phenoxy) is 2. The van der Waals surface area contributed by atoms with Crippen molar-refractivity contribution >= 4 is 19.8 Å². The molecule has 0 aromatic rings. The fourth-order valence-electron chi connectivity index (χ4n) is 5.05. The van der Waals surface area contributed by atoms with Crippen LogP contribution >= 0.6 is 7.82 Å². The zero-order valence-corrected chi connectivity index (χ0v) is 30.8. The number of carboxylic acid groups (broad SMARTS) is 1. The lowest BCUT2D eigenvalue weighted by Crippen LogP contribution is -2.34. The van der Waals surface area contributed by atoms with Crippen molar-refractivity contribution in [3.8, 4) is 0 Å². The average Bonchev–Trinajstić information content (AvgIpc) is 3.04. The number of allylic oxidation sites excluding steroid dienone is 2. The second-order valence-corrected chi connectivity index (χ2v) is 14.2. The first-order chi connectivity index (χ1) is 22.7. The van der Waals surface area contributed by atoms with Crippen molar-refractivity contribution in [1.29, 1.82) is 0 Å². The number of phosphoric ester groups is 1. The van der Waals surface area contributed by atoms with Crippen LogP contribution in [0.1, 0.15) is 168 Å². The maximum absolute atomic E-state index is 12.5. The van der Waals surface area contributed by atoms with Gasteiger partial charge >= 0.3 is 19.8 Å². The van der Waals surface area contributed by atoms with Crippen molar-refractivity contribution < 1.29 is 42.7 Å². The predicted molar refractivity (Wildman–Crippen MR) is 189 cm³/mol. The molecule has 0 fully saturated rings. The molecule has 0 amide bonds. The fraction of sp³-hybridized carbons (Fsp3) is 0.889. The highest BCUT2D eigenvalue weighted by Gasteiger charge is 2.27. The molecule has 0 aliphatic heterocycles. The molecule has 0 aromatic heterocycles. The molecule has 0 aromatic carbocycles. The Morgan fingerprint density at radius 3 is 1.68 bits per heavy atom. The molecule has 3 atom stereocenters. The minimum Gasteiger partial charge on any atom is -0.480 e. The number of rotatable bonds is 36. The highest BCUT2D eigenvalue weighted by atomic mass is 31.2. The van der Waals surface area contributed by atoms with Crippen molar-refractivity contribution in [2.75, 3.05) is 26.4 Å². The standard InChI is InChI=1S/C36H70NO9P/c1-3-5-7-9-11-13-15-16-17-19-21-23-25-27-29-43-30-33(31-44-47(41,42)45-32-34(37)36(39)40)46-35(38)28-26-24-22-20-18-14-12-10-8-6-4-2/h10,12,33-34H,3-9,11,13-32,37H2,1-2H3,(H,39,40)(H,41,42)/b12-10-. The first-order valence-electron chi connectivity index (χ1n) is 18.7. The molecule has 0 heterocycles. The topological polar surface area (TPSA) is 155 Å². The lowest BCUT2D eigenvalue weighted by molar-refractivity contribution is -0.154. The van der Waals surface area contributed by atoms with Gasteiger partial charge < -0.3 is 25.2 Å². The summed E-state index contributed by atoms with van der Waals surface area (Å²) in [5.41, 5.74) is 5.33. The molecule has 10 nitrogen and oxygen atoms in total. The SMILES string of the molecule is CCCC/C=C\CCCCCCCC(=O)OC(COCCCCCCCCCCCCCCCC)COP(=O)(O)OCC(N)C(=O)O. The Bertz CT molecular complexity index is 811. The highest BCUT2D eigenvalue weighted by Crippen LogP contribution is 2.43. The zero-order chi connectivity index (χ0) is 34.9. The van der Waals surface area contributed by atoms with Gasteiger partial charge in [0, 0.05) is 13.0 Å². The van der Waals surface area contributed by atoms with E-state index in [0.29, 0.717) is 13.0 Å². The van der Waals surface area contributed by atoms with Gasteiger partial charge in [-0.3, -0.25) is 18.6 Å². The maximum Gasteiger partial charge on any atom is 0.472 e. The lowest BCUT2D eigenvalue weighted by atomic mass is 10.0. The predicted octanol–water partition coefficient (Wildman–Crippen LogP) is 9.42. The number of carboxylic acids is 1. The molecule has 11 heteroatoms. The molecular formula is C36H70NO9P. The van der Waals surface area contributed by atoms with Crippen LogP contribution in [0.5, 0.6) is 0 Å². The second-order valence-electron chi connectivity index (χ2n) is 12.7. The normalized spacial score (nSPS) is 14.3. The van der Waals surface area contributed by atoms with Crippen LogP contribution in [0.2, 0.25) is 0 Å². The second kappa shape index (κ2) is 33.2. The van der Waals surface area contributed by atoms with Gasteiger partial charge in [-0.2, -0.15) is 0 Å². The van der Waals surface area contributed by atoms with Crippen molar-refractivity contribution in [2.45, 2.75) is 180 Å². The summed E-state index contributed by atoms with van der Waals surface area (Å²) >= 11 is 0. The number of phosphoric acid groups is 1. The Morgan fingerprint density at radius 2 is 1.13 bits per heavy atom. The highest BCUT2D eigenvalue weighted by molar-refractivity contribution is 7.47. The molecular weight excluding hydrogens is 621 g/mol. The largest absolute Gasteiger partial charge is 0.480 e. The van der Waals surface area contributed by atoms with Gasteiger partial charge in [-0.05, 0) is 32.1 Å². The van der Waals surface area contributed by atoms with E-state index in [1.54, 1.807) is 0 Å². The van der Waals surface area contributed by atoms with Crippen LogP contribution in [-0.2, 0) is 32.7 Å². The molecule has 0 spiro atoms. The third-order valence-electron chi connectivity index (χ3n) is 8.04. The molecule has 4 N–H and O–H groups in total. The first-order valence-corrected chi connectivity index (χ1v) is 20.2. The summed E-state index contributed by atoms with van der Waals surface area (Å²) in [6, 6.07) is -1.47. The van der Waals surface area contributed by atoms with Crippen LogP contribution < -0.4 is 5.73 Å². The molecule has 3 unspecified atom stereocenters. The number of aliphatic carboxylic acids is 1. The monoisotopic (exact) mass is 691 g/mol. The Labute approximate surface area is 286 Å². The Kier molecular flexibility index (Phi) is 32.3. The van der Waals surface area contributed by atoms with E-state index in [1.807, 2.05) is 0 Å². The van der Waals surface area contributed by atoms with Crippen LogP contribution in [0, 0.1) is 0 Å². The number of carbonyl (C=O) groups excluding carboxylic acids is 1. The van der Waals surface area contributed by atoms with Gasteiger partial charge in [-0.15, -0.1) is 0 Å². The number of hydrogen-bond donors (Lipinski definition) is 3. The van der Waals surface area contributed by atoms with Crippen LogP contribution in [0.4, 0.5) is 0 Å². The molecule has 0 saturated heterocycles. The zero-order valence-electron chi connectivity index (χ0n) is 29.9. The van der Waals surface area contributed by atoms with Gasteiger partial charge in [0.15, 0.2) is 0 Å². The summed E-state index contributed by atoms with van der Waals surface area (Å²) in [6.07, 6.45) is 31.2. The van der Waals surface area contributed by atoms with Gasteiger partial charge in [0.1, 0.15) is 12.1 Å². The summed E-state index contributed by atoms with van der Waals surface area (Å²) in [5, 5.41) is 8.85. The number of unbranched alkanes of at least 4 members (excludes halogenated alkanes) is 20. The van der Waals surface area contributed by atoms with Crippen molar-refractivity contribution in [2.24, 2.45) is 5.73 Å². The van der Waals surface area contributed by atoms with E-state index >= 15 is 0 Å². The van der Waals surface area contributed by atoms with E-state index in [4.69, 9.17) is 24.8 Å². The maximum atomic E-state index is 12.5. The molecule has 278 valence electrons. The van der Waals surface area contributed by atoms with E-state index in [-0.39, 0.29) is 13.0 Å². The van der Waals surface area contributed by atoms with Gasteiger partial charge in [0.2, 0.25) is 0 Å². The number of hydrogen-bond acceptors (Lipinski definition) is 8. The Morgan fingerprint density at radius 1 is 0.660 bits per heavy atom. The molecule has 47 heavy (non-hydrogen) atoms. The third-order valence-corrected chi connectivity index (χ3v) is 9.00. The van der Waals surface area contributed by atoms with Crippen LogP contribution in [0.3, 0.4) is 0 Å². The smallest absolute Gasteiger partial charge is 0.472 e. The first kappa shape index (κ1) is 45.7. The van der Waals surface area contributed by atoms with Crippen LogP contribution in [-0.4, -0.2) is 60.5 Å². The van der Waals surface area contributed by atoms with Crippen LogP contribution in [0.15, 0.2) is 12.2 Å². The third kappa shape index (κ3) is 33.0. The van der Waals surface area contributed by atoms with Gasteiger partial charge in [0.05, 0.1) is 19.8 Å². The number of nitrogens with two attached hydrogens (primary N) is 1. The van der Waals surface area contributed by atoms with Crippen molar-refractivity contribution in [3.05, 3.63) is 12.2 Å².